The minimum atomic E-state index is -3.03. The van der Waals surface area contributed by atoms with Gasteiger partial charge in [0.25, 0.3) is 0 Å². The molecule has 0 aromatic heterocycles. The maximum atomic E-state index is 12.1. The Morgan fingerprint density at radius 3 is 2.74 bits per heavy atom. The Morgan fingerprint density at radius 2 is 2.11 bits per heavy atom. The van der Waals surface area contributed by atoms with E-state index in [2.05, 4.69) is 21.4 Å². The molecule has 0 radical (unpaired) electrons. The van der Waals surface area contributed by atoms with E-state index in [1.807, 2.05) is 24.3 Å². The minimum absolute atomic E-state index is 0.232. The van der Waals surface area contributed by atoms with Crippen LogP contribution in [0.4, 0.5) is 0 Å². The molecule has 6 heteroatoms. The summed E-state index contributed by atoms with van der Waals surface area (Å²) in [7, 11) is -3.03. The molecule has 4 nitrogen and oxygen atoms in total. The molecule has 2 atom stereocenters. The van der Waals surface area contributed by atoms with Crippen molar-refractivity contribution in [2.24, 2.45) is 5.84 Å². The highest BCUT2D eigenvalue weighted by atomic mass is 79.9. The summed E-state index contributed by atoms with van der Waals surface area (Å²) in [4.78, 5) is 0. The van der Waals surface area contributed by atoms with E-state index < -0.39 is 9.84 Å². The van der Waals surface area contributed by atoms with Gasteiger partial charge in [0, 0.05) is 10.5 Å². The van der Waals surface area contributed by atoms with Crippen molar-refractivity contribution in [3.05, 3.63) is 34.3 Å². The number of benzene rings is 1. The van der Waals surface area contributed by atoms with Gasteiger partial charge in [0.15, 0.2) is 9.84 Å². The average Bonchev–Trinajstić information content (AvgIpc) is 2.38. The number of rotatable bonds is 4. The molecule has 1 aliphatic rings. The number of nitrogens with two attached hydrogens (primary N) is 1. The standard InChI is InChI=1S/C13H19BrN2O2S/c14-11-6-2-1-5-10(11)9-12(16-15)13-7-3-4-8-19(13,17)18/h1-2,5-6,12-13,16H,3-4,7-9,15H2. The van der Waals surface area contributed by atoms with Crippen LogP contribution in [0.2, 0.25) is 0 Å². The van der Waals surface area contributed by atoms with Crippen LogP contribution in [0.25, 0.3) is 0 Å². The number of hydrogen-bond acceptors (Lipinski definition) is 4. The fourth-order valence-electron chi connectivity index (χ4n) is 2.63. The lowest BCUT2D eigenvalue weighted by molar-refractivity contribution is 0.440. The first-order valence-corrected chi connectivity index (χ1v) is 8.96. The second-order valence-corrected chi connectivity index (χ2v) is 8.16. The van der Waals surface area contributed by atoms with Gasteiger partial charge in [-0.2, -0.15) is 0 Å². The summed E-state index contributed by atoms with van der Waals surface area (Å²) in [6.07, 6.45) is 3.03. The Labute approximate surface area is 122 Å². The van der Waals surface area contributed by atoms with Gasteiger partial charge < -0.3 is 0 Å². The van der Waals surface area contributed by atoms with Crippen molar-refractivity contribution >= 4 is 25.8 Å². The van der Waals surface area contributed by atoms with Crippen LogP contribution in [-0.2, 0) is 16.3 Å². The molecule has 0 spiro atoms. The van der Waals surface area contributed by atoms with E-state index in [0.29, 0.717) is 12.8 Å². The number of hydrogen-bond donors (Lipinski definition) is 2. The highest BCUT2D eigenvalue weighted by Gasteiger charge is 2.35. The van der Waals surface area contributed by atoms with Crippen LogP contribution in [0.15, 0.2) is 28.7 Å². The predicted molar refractivity (Wildman–Crippen MR) is 80.4 cm³/mol. The largest absolute Gasteiger partial charge is 0.271 e. The minimum Gasteiger partial charge on any atom is -0.271 e. The van der Waals surface area contributed by atoms with Crippen molar-refractivity contribution in [1.29, 1.82) is 0 Å². The molecule has 19 heavy (non-hydrogen) atoms. The zero-order valence-corrected chi connectivity index (χ0v) is 13.1. The summed E-state index contributed by atoms with van der Waals surface area (Å²) >= 11 is 3.49. The van der Waals surface area contributed by atoms with Gasteiger partial charge in [0.05, 0.1) is 11.0 Å². The molecule has 0 amide bonds. The molecule has 1 heterocycles. The first-order chi connectivity index (χ1) is 9.04. The molecule has 1 fully saturated rings. The van der Waals surface area contributed by atoms with Gasteiger partial charge in [-0.1, -0.05) is 40.5 Å². The maximum Gasteiger partial charge on any atom is 0.154 e. The third-order valence-corrected chi connectivity index (χ3v) is 6.81. The van der Waals surface area contributed by atoms with Crippen molar-refractivity contribution in [1.82, 2.24) is 5.43 Å². The molecule has 106 valence electrons. The van der Waals surface area contributed by atoms with Gasteiger partial charge in [-0.15, -0.1) is 0 Å². The molecule has 0 saturated carbocycles. The zero-order chi connectivity index (χ0) is 13.9. The lowest BCUT2D eigenvalue weighted by Crippen LogP contribution is -2.50. The fraction of sp³-hybridized carbons (Fsp3) is 0.538. The molecule has 0 aliphatic carbocycles. The van der Waals surface area contributed by atoms with Crippen LogP contribution in [0.3, 0.4) is 0 Å². The first kappa shape index (κ1) is 15.0. The van der Waals surface area contributed by atoms with Gasteiger partial charge in [-0.3, -0.25) is 11.3 Å². The number of sulfone groups is 1. The number of nitrogens with one attached hydrogen (secondary N) is 1. The van der Waals surface area contributed by atoms with Crippen LogP contribution < -0.4 is 11.3 Å². The molecule has 0 bridgehead atoms. The first-order valence-electron chi connectivity index (χ1n) is 6.45. The molecule has 3 N–H and O–H groups in total. The van der Waals surface area contributed by atoms with Crippen LogP contribution in [0.1, 0.15) is 24.8 Å². The van der Waals surface area contributed by atoms with Crippen molar-refractivity contribution < 1.29 is 8.42 Å². The highest BCUT2D eigenvalue weighted by Crippen LogP contribution is 2.25. The van der Waals surface area contributed by atoms with Gasteiger partial charge in [-0.25, -0.2) is 8.42 Å². The Balaban J connectivity index is 2.18. The number of halogens is 1. The Bertz CT molecular complexity index is 533. The van der Waals surface area contributed by atoms with E-state index in [9.17, 15) is 8.42 Å². The van der Waals surface area contributed by atoms with Crippen LogP contribution in [0.5, 0.6) is 0 Å². The maximum absolute atomic E-state index is 12.1. The van der Waals surface area contributed by atoms with E-state index >= 15 is 0 Å². The van der Waals surface area contributed by atoms with Crippen molar-refractivity contribution in [2.45, 2.75) is 37.0 Å². The Kier molecular flexibility index (Phi) is 5.00. The van der Waals surface area contributed by atoms with Crippen molar-refractivity contribution in [3.63, 3.8) is 0 Å². The number of hydrazine groups is 1. The van der Waals surface area contributed by atoms with Crippen LogP contribution in [-0.4, -0.2) is 25.5 Å². The summed E-state index contributed by atoms with van der Waals surface area (Å²) in [6.45, 7) is 0. The van der Waals surface area contributed by atoms with Gasteiger partial charge >= 0.3 is 0 Å². The van der Waals surface area contributed by atoms with E-state index in [0.717, 1.165) is 22.9 Å². The van der Waals surface area contributed by atoms with E-state index in [1.54, 1.807) is 0 Å². The normalized spacial score (nSPS) is 24.0. The molecule has 1 aromatic carbocycles. The van der Waals surface area contributed by atoms with Crippen LogP contribution >= 0.6 is 15.9 Å². The lowest BCUT2D eigenvalue weighted by atomic mass is 10.00. The summed E-state index contributed by atoms with van der Waals surface area (Å²) in [6, 6.07) is 7.60. The van der Waals surface area contributed by atoms with E-state index in [1.165, 1.54) is 0 Å². The third-order valence-electron chi connectivity index (χ3n) is 3.69. The summed E-state index contributed by atoms with van der Waals surface area (Å²) in [5.74, 6) is 5.88. The smallest absolute Gasteiger partial charge is 0.154 e. The van der Waals surface area contributed by atoms with Gasteiger partial charge in [0.2, 0.25) is 0 Å². The van der Waals surface area contributed by atoms with Crippen molar-refractivity contribution in [3.8, 4) is 0 Å². The van der Waals surface area contributed by atoms with Crippen LogP contribution in [0, 0.1) is 0 Å². The molecule has 1 aliphatic heterocycles. The topological polar surface area (TPSA) is 72.2 Å². The Hall–Kier alpha value is -0.430. The quantitative estimate of drug-likeness (QED) is 0.643. The molecular formula is C13H19BrN2O2S. The zero-order valence-electron chi connectivity index (χ0n) is 10.7. The Morgan fingerprint density at radius 1 is 1.37 bits per heavy atom. The summed E-state index contributed by atoms with van der Waals surface area (Å²) in [5, 5.41) is -0.377. The fourth-order valence-corrected chi connectivity index (χ4v) is 5.19. The van der Waals surface area contributed by atoms with E-state index in [-0.39, 0.29) is 17.0 Å². The highest BCUT2D eigenvalue weighted by molar-refractivity contribution is 9.10. The molecule has 1 aromatic rings. The summed E-state index contributed by atoms with van der Waals surface area (Å²) in [5.41, 5.74) is 3.78. The second kappa shape index (κ2) is 6.35. The third kappa shape index (κ3) is 3.56. The lowest BCUT2D eigenvalue weighted by Gasteiger charge is -2.29. The molecular weight excluding hydrogens is 328 g/mol. The van der Waals surface area contributed by atoms with Crippen molar-refractivity contribution in [2.75, 3.05) is 5.75 Å². The van der Waals surface area contributed by atoms with E-state index in [4.69, 9.17) is 5.84 Å². The SMILES string of the molecule is NNC(Cc1ccccc1Br)C1CCCCS1(=O)=O. The van der Waals surface area contributed by atoms with Gasteiger partial charge in [-0.05, 0) is 30.9 Å². The summed E-state index contributed by atoms with van der Waals surface area (Å²) < 4.78 is 25.3. The van der Waals surface area contributed by atoms with Gasteiger partial charge in [0.1, 0.15) is 0 Å². The predicted octanol–water partition coefficient (Wildman–Crippen LogP) is 1.79. The molecule has 1 saturated heterocycles. The molecule has 2 rings (SSSR count). The molecule has 2 unspecified atom stereocenters. The monoisotopic (exact) mass is 346 g/mol. The second-order valence-electron chi connectivity index (χ2n) is 4.97. The average molecular weight is 347 g/mol.